The van der Waals surface area contributed by atoms with Gasteiger partial charge in [-0.3, -0.25) is 4.79 Å². The number of ether oxygens (including phenoxy) is 1. The summed E-state index contributed by atoms with van der Waals surface area (Å²) in [7, 11) is 0. The Labute approximate surface area is 91.7 Å². The van der Waals surface area contributed by atoms with Gasteiger partial charge in [0.25, 0.3) is 0 Å². The van der Waals surface area contributed by atoms with E-state index in [0.717, 1.165) is 0 Å². The Morgan fingerprint density at radius 1 is 1.67 bits per heavy atom. The number of hydrogen-bond acceptors (Lipinski definition) is 5. The molecule has 0 N–H and O–H groups in total. The van der Waals surface area contributed by atoms with E-state index < -0.39 is 11.9 Å². The number of carbonyl (C=O) groups excluding carboxylic acids is 1. The van der Waals surface area contributed by atoms with Gasteiger partial charge in [0.1, 0.15) is 0 Å². The van der Waals surface area contributed by atoms with Gasteiger partial charge in [0.05, 0.1) is 17.7 Å². The van der Waals surface area contributed by atoms with E-state index in [1.165, 1.54) is 12.4 Å². The third-order valence-corrected chi connectivity index (χ3v) is 1.75. The third kappa shape index (κ3) is 2.89. The third-order valence-electron chi connectivity index (χ3n) is 1.55. The number of hydrogen-bond donors (Lipinski definition) is 0. The lowest BCUT2D eigenvalue weighted by Crippen LogP contribution is -2.16. The Kier molecular flexibility index (Phi) is 4.01. The van der Waals surface area contributed by atoms with E-state index >= 15 is 0 Å². The average molecular weight is 226 g/mol. The Bertz CT molecular complexity index is 385. The van der Waals surface area contributed by atoms with Crippen molar-refractivity contribution in [2.24, 2.45) is 0 Å². The molecular formula is C9H8ClN3O2. The van der Waals surface area contributed by atoms with Gasteiger partial charge < -0.3 is 4.74 Å². The van der Waals surface area contributed by atoms with Gasteiger partial charge in [0.2, 0.25) is 5.92 Å². The summed E-state index contributed by atoms with van der Waals surface area (Å²) >= 11 is 5.58. The zero-order valence-corrected chi connectivity index (χ0v) is 8.73. The molecule has 1 aromatic heterocycles. The maximum Gasteiger partial charge on any atom is 0.331 e. The van der Waals surface area contributed by atoms with Gasteiger partial charge in [-0.1, -0.05) is 11.6 Å². The van der Waals surface area contributed by atoms with Crippen LogP contribution in [-0.4, -0.2) is 22.5 Å². The minimum Gasteiger partial charge on any atom is -0.465 e. The summed E-state index contributed by atoms with van der Waals surface area (Å²) in [5.41, 5.74) is 0. The number of halogens is 1. The van der Waals surface area contributed by atoms with Crippen LogP contribution in [0.1, 0.15) is 18.7 Å². The van der Waals surface area contributed by atoms with Crippen molar-refractivity contribution >= 4 is 17.6 Å². The highest BCUT2D eigenvalue weighted by Gasteiger charge is 2.24. The van der Waals surface area contributed by atoms with E-state index in [2.05, 4.69) is 9.97 Å². The SMILES string of the molecule is CCOC(=O)C(C#N)c1ncc(Cl)cn1. The lowest BCUT2D eigenvalue weighted by molar-refractivity contribution is -0.143. The minimum atomic E-state index is -1.10. The van der Waals surface area contributed by atoms with Gasteiger partial charge in [-0.25, -0.2) is 9.97 Å². The Hall–Kier alpha value is -1.67. The molecule has 78 valence electrons. The highest BCUT2D eigenvalue weighted by Crippen LogP contribution is 2.13. The smallest absolute Gasteiger partial charge is 0.331 e. The van der Waals surface area contributed by atoms with Crippen molar-refractivity contribution in [3.05, 3.63) is 23.2 Å². The number of carbonyl (C=O) groups is 1. The number of esters is 1. The molecule has 15 heavy (non-hydrogen) atoms. The van der Waals surface area contributed by atoms with Crippen LogP contribution in [0.15, 0.2) is 12.4 Å². The fourth-order valence-corrected chi connectivity index (χ4v) is 1.01. The van der Waals surface area contributed by atoms with Crippen molar-refractivity contribution in [2.45, 2.75) is 12.8 Å². The molecule has 1 heterocycles. The average Bonchev–Trinajstić information content (AvgIpc) is 2.22. The molecule has 5 nitrogen and oxygen atoms in total. The largest absolute Gasteiger partial charge is 0.465 e. The monoisotopic (exact) mass is 225 g/mol. The molecule has 0 aliphatic carbocycles. The van der Waals surface area contributed by atoms with Gasteiger partial charge >= 0.3 is 5.97 Å². The molecule has 1 atom stereocenters. The second-order valence-corrected chi connectivity index (χ2v) is 3.01. The minimum absolute atomic E-state index is 0.0975. The summed E-state index contributed by atoms with van der Waals surface area (Å²) in [5, 5.41) is 9.13. The van der Waals surface area contributed by atoms with Crippen LogP contribution in [0.2, 0.25) is 5.02 Å². The molecule has 0 fully saturated rings. The first-order valence-electron chi connectivity index (χ1n) is 4.22. The van der Waals surface area contributed by atoms with Gasteiger partial charge in [-0.05, 0) is 6.92 Å². The van der Waals surface area contributed by atoms with Crippen LogP contribution >= 0.6 is 11.6 Å². The first-order chi connectivity index (χ1) is 7.19. The quantitative estimate of drug-likeness (QED) is 0.725. The summed E-state index contributed by atoms with van der Waals surface area (Å²) in [6, 6.07) is 1.78. The number of aromatic nitrogens is 2. The molecule has 6 heteroatoms. The van der Waals surface area contributed by atoms with Crippen molar-refractivity contribution in [2.75, 3.05) is 6.61 Å². The van der Waals surface area contributed by atoms with Crippen LogP contribution in [0, 0.1) is 11.3 Å². The van der Waals surface area contributed by atoms with Crippen molar-refractivity contribution < 1.29 is 9.53 Å². The zero-order chi connectivity index (χ0) is 11.3. The number of nitriles is 1. The zero-order valence-electron chi connectivity index (χ0n) is 7.98. The standard InChI is InChI=1S/C9H8ClN3O2/c1-2-15-9(14)7(3-11)8-12-4-6(10)5-13-8/h4-5,7H,2H2,1H3. The molecule has 1 unspecified atom stereocenters. The van der Waals surface area contributed by atoms with Crippen LogP contribution in [0.5, 0.6) is 0 Å². The predicted octanol–water partition coefficient (Wildman–Crippen LogP) is 1.30. The molecule has 0 spiro atoms. The highest BCUT2D eigenvalue weighted by molar-refractivity contribution is 6.30. The first-order valence-corrected chi connectivity index (χ1v) is 4.60. The number of nitrogens with zero attached hydrogens (tertiary/aromatic N) is 3. The van der Waals surface area contributed by atoms with Gasteiger partial charge in [-0.15, -0.1) is 0 Å². The molecule has 0 aliphatic rings. The van der Waals surface area contributed by atoms with Crippen molar-refractivity contribution in [3.63, 3.8) is 0 Å². The maximum absolute atomic E-state index is 11.3. The summed E-state index contributed by atoms with van der Waals surface area (Å²) in [5.74, 6) is -1.65. The molecule has 0 radical (unpaired) electrons. The van der Waals surface area contributed by atoms with E-state index in [1.54, 1.807) is 13.0 Å². The van der Waals surface area contributed by atoms with E-state index in [4.69, 9.17) is 21.6 Å². The van der Waals surface area contributed by atoms with Crippen LogP contribution in [0.3, 0.4) is 0 Å². The normalized spacial score (nSPS) is 11.5. The summed E-state index contributed by atoms with van der Waals surface area (Å²) in [6.07, 6.45) is 2.65. The summed E-state index contributed by atoms with van der Waals surface area (Å²) in [6.45, 7) is 1.87. The van der Waals surface area contributed by atoms with E-state index in [9.17, 15) is 4.79 Å². The van der Waals surface area contributed by atoms with Crippen molar-refractivity contribution in [3.8, 4) is 6.07 Å². The van der Waals surface area contributed by atoms with Gasteiger partial charge in [0.15, 0.2) is 5.82 Å². The fourth-order valence-electron chi connectivity index (χ4n) is 0.913. The molecule has 0 bridgehead atoms. The first kappa shape index (κ1) is 11.4. The van der Waals surface area contributed by atoms with E-state index in [1.807, 2.05) is 0 Å². The van der Waals surface area contributed by atoms with Gasteiger partial charge in [0, 0.05) is 12.4 Å². The molecule has 0 aromatic carbocycles. The second-order valence-electron chi connectivity index (χ2n) is 2.57. The van der Waals surface area contributed by atoms with Crippen molar-refractivity contribution in [1.82, 2.24) is 9.97 Å². The summed E-state index contributed by atoms with van der Waals surface area (Å²) < 4.78 is 4.71. The predicted molar refractivity (Wildman–Crippen MR) is 52.0 cm³/mol. The second kappa shape index (κ2) is 5.27. The fraction of sp³-hybridized carbons (Fsp3) is 0.333. The Morgan fingerprint density at radius 2 is 2.27 bits per heavy atom. The Morgan fingerprint density at radius 3 is 2.73 bits per heavy atom. The van der Waals surface area contributed by atoms with Crippen LogP contribution in [0.25, 0.3) is 0 Å². The molecule has 0 amide bonds. The lowest BCUT2D eigenvalue weighted by Gasteiger charge is -2.06. The van der Waals surface area contributed by atoms with Gasteiger partial charge in [-0.2, -0.15) is 5.26 Å². The highest BCUT2D eigenvalue weighted by atomic mass is 35.5. The van der Waals surface area contributed by atoms with Crippen LogP contribution in [0.4, 0.5) is 0 Å². The molecule has 0 saturated heterocycles. The maximum atomic E-state index is 11.3. The van der Waals surface area contributed by atoms with Crippen molar-refractivity contribution in [1.29, 1.82) is 5.26 Å². The molecule has 0 saturated carbocycles. The van der Waals surface area contributed by atoms with E-state index in [0.29, 0.717) is 5.02 Å². The Balaban J connectivity index is 2.89. The van der Waals surface area contributed by atoms with E-state index in [-0.39, 0.29) is 12.4 Å². The molecule has 1 rings (SSSR count). The van der Waals surface area contributed by atoms with Crippen LogP contribution < -0.4 is 0 Å². The molecule has 1 aromatic rings. The lowest BCUT2D eigenvalue weighted by atomic mass is 10.1. The molecular weight excluding hydrogens is 218 g/mol. The molecule has 0 aliphatic heterocycles. The summed E-state index contributed by atoms with van der Waals surface area (Å²) in [4.78, 5) is 18.9. The number of rotatable bonds is 3. The van der Waals surface area contributed by atoms with Crippen LogP contribution in [-0.2, 0) is 9.53 Å². The topological polar surface area (TPSA) is 75.9 Å².